The van der Waals surface area contributed by atoms with E-state index in [9.17, 15) is 9.59 Å². The van der Waals surface area contributed by atoms with Crippen LogP contribution in [0.1, 0.15) is 55.6 Å². The van der Waals surface area contributed by atoms with Crippen LogP contribution in [0, 0.1) is 55.4 Å². The minimum absolute atomic E-state index is 0.327. The molecule has 0 fully saturated rings. The van der Waals surface area contributed by atoms with Crippen LogP contribution in [0.4, 0.5) is 0 Å². The summed E-state index contributed by atoms with van der Waals surface area (Å²) in [5.74, 6) is 0.155. The first-order valence-corrected chi connectivity index (χ1v) is 9.47. The maximum absolute atomic E-state index is 13.0. The van der Waals surface area contributed by atoms with Crippen molar-refractivity contribution in [3.63, 3.8) is 0 Å². The van der Waals surface area contributed by atoms with Crippen molar-refractivity contribution in [3.05, 3.63) is 55.6 Å². The van der Waals surface area contributed by atoms with Gasteiger partial charge in [0.2, 0.25) is 0 Å². The van der Waals surface area contributed by atoms with E-state index in [1.54, 1.807) is 0 Å². The highest BCUT2D eigenvalue weighted by atomic mass is 16.5. The van der Waals surface area contributed by atoms with Crippen LogP contribution in [0.3, 0.4) is 0 Å². The minimum Gasteiger partial charge on any atom is -0.422 e. The van der Waals surface area contributed by atoms with Gasteiger partial charge in [-0.2, -0.15) is 0 Å². The molecule has 0 amide bonds. The predicted molar refractivity (Wildman–Crippen MR) is 109 cm³/mol. The molecule has 2 aliphatic heterocycles. The Balaban J connectivity index is 2.17. The monoisotopic (exact) mass is 376 g/mol. The molecule has 4 rings (SSSR count). The molecule has 0 spiro atoms. The zero-order valence-corrected chi connectivity index (χ0v) is 17.6. The molecule has 4 heteroatoms. The predicted octanol–water partition coefficient (Wildman–Crippen LogP) is 4.90. The zero-order chi connectivity index (χ0) is 20.7. The Hall–Kier alpha value is -2.88. The van der Waals surface area contributed by atoms with Crippen molar-refractivity contribution in [2.24, 2.45) is 0 Å². The van der Waals surface area contributed by atoms with Crippen molar-refractivity contribution in [1.29, 1.82) is 0 Å². The average molecular weight is 376 g/mol. The fraction of sp³-hybridized carbons (Fsp3) is 0.333. The van der Waals surface area contributed by atoms with E-state index >= 15 is 0 Å². The summed E-state index contributed by atoms with van der Waals surface area (Å²) in [5.41, 5.74) is 10.3. The third-order valence-electron chi connectivity index (χ3n) is 6.81. The highest BCUT2D eigenvalue weighted by Crippen LogP contribution is 2.50. The SMILES string of the molecule is Cc1c(C)c(C)c2c(c1C)OC(=O)/C2=C1/C(=O)Oc2c(C)c(C)c(C)c(C)c21. The molecule has 0 atom stereocenters. The average Bonchev–Trinajstić information content (AvgIpc) is 3.18. The van der Waals surface area contributed by atoms with Crippen LogP contribution in [0.15, 0.2) is 0 Å². The summed E-state index contributed by atoms with van der Waals surface area (Å²) in [6, 6.07) is 0. The van der Waals surface area contributed by atoms with Crippen LogP contribution in [0.2, 0.25) is 0 Å². The fourth-order valence-electron chi connectivity index (χ4n) is 4.36. The van der Waals surface area contributed by atoms with Gasteiger partial charge in [-0.1, -0.05) is 0 Å². The first-order valence-electron chi connectivity index (χ1n) is 9.47. The normalized spacial score (nSPS) is 17.6. The van der Waals surface area contributed by atoms with Gasteiger partial charge in [-0.3, -0.25) is 0 Å². The van der Waals surface area contributed by atoms with Gasteiger partial charge in [0.1, 0.15) is 11.5 Å². The molecule has 2 heterocycles. The van der Waals surface area contributed by atoms with Gasteiger partial charge in [-0.05, 0) is 99.9 Å². The van der Waals surface area contributed by atoms with Crippen LogP contribution in [0.5, 0.6) is 11.5 Å². The standard InChI is InChI=1S/C24H24O4/c1-9-11(3)15(7)21-17(13(9)5)19(23(25)27-21)20-18-14(6)10(2)12(4)16(8)22(18)28-24(20)26/h1-8H3/b20-19+. The lowest BCUT2D eigenvalue weighted by Crippen LogP contribution is -2.09. The zero-order valence-electron chi connectivity index (χ0n) is 17.6. The first-order chi connectivity index (χ1) is 13.1. The van der Waals surface area contributed by atoms with Gasteiger partial charge in [0.25, 0.3) is 0 Å². The van der Waals surface area contributed by atoms with Crippen molar-refractivity contribution in [2.45, 2.75) is 55.4 Å². The van der Waals surface area contributed by atoms with Gasteiger partial charge >= 0.3 is 11.9 Å². The third-order valence-corrected chi connectivity index (χ3v) is 6.81. The lowest BCUT2D eigenvalue weighted by atomic mass is 9.85. The van der Waals surface area contributed by atoms with E-state index in [4.69, 9.17) is 9.47 Å². The Labute approximate surface area is 165 Å². The molecule has 2 aromatic rings. The van der Waals surface area contributed by atoms with Crippen molar-refractivity contribution < 1.29 is 19.1 Å². The highest BCUT2D eigenvalue weighted by molar-refractivity contribution is 6.42. The topological polar surface area (TPSA) is 52.6 Å². The van der Waals surface area contributed by atoms with Crippen molar-refractivity contribution in [3.8, 4) is 11.5 Å². The lowest BCUT2D eigenvalue weighted by molar-refractivity contribution is -0.129. The second-order valence-corrected chi connectivity index (χ2v) is 7.94. The maximum atomic E-state index is 13.0. The van der Waals surface area contributed by atoms with E-state index in [2.05, 4.69) is 0 Å². The third kappa shape index (κ3) is 2.12. The Kier molecular flexibility index (Phi) is 3.83. The number of ether oxygens (including phenoxy) is 2. The Bertz CT molecular complexity index is 1070. The van der Waals surface area contributed by atoms with Gasteiger partial charge in [-0.25, -0.2) is 9.59 Å². The second kappa shape index (κ2) is 5.81. The Morgan fingerprint density at radius 3 is 1.04 bits per heavy atom. The molecule has 0 unspecified atom stereocenters. The van der Waals surface area contributed by atoms with Crippen LogP contribution >= 0.6 is 0 Å². The molecular weight excluding hydrogens is 352 g/mol. The summed E-state index contributed by atoms with van der Waals surface area (Å²) in [6.07, 6.45) is 0. The summed E-state index contributed by atoms with van der Waals surface area (Å²) >= 11 is 0. The minimum atomic E-state index is -0.485. The molecule has 2 aliphatic rings. The largest absolute Gasteiger partial charge is 0.422 e. The van der Waals surface area contributed by atoms with Gasteiger partial charge in [0.15, 0.2) is 0 Å². The Morgan fingerprint density at radius 2 is 0.714 bits per heavy atom. The molecule has 0 saturated heterocycles. The van der Waals surface area contributed by atoms with E-state index < -0.39 is 11.9 Å². The molecular formula is C24H24O4. The van der Waals surface area contributed by atoms with Crippen LogP contribution < -0.4 is 9.47 Å². The van der Waals surface area contributed by atoms with E-state index in [0.29, 0.717) is 22.6 Å². The molecule has 0 bridgehead atoms. The number of esters is 2. The maximum Gasteiger partial charge on any atom is 0.345 e. The van der Waals surface area contributed by atoms with Gasteiger partial charge in [0, 0.05) is 11.1 Å². The quantitative estimate of drug-likeness (QED) is 0.373. The van der Waals surface area contributed by atoms with Crippen LogP contribution in [0.25, 0.3) is 11.1 Å². The van der Waals surface area contributed by atoms with Gasteiger partial charge < -0.3 is 9.47 Å². The molecule has 144 valence electrons. The van der Waals surface area contributed by atoms with E-state index in [-0.39, 0.29) is 0 Å². The summed E-state index contributed by atoms with van der Waals surface area (Å²) < 4.78 is 11.3. The molecule has 28 heavy (non-hydrogen) atoms. The summed E-state index contributed by atoms with van der Waals surface area (Å²) in [5, 5.41) is 0. The second-order valence-electron chi connectivity index (χ2n) is 7.94. The number of benzene rings is 2. The first kappa shape index (κ1) is 18.5. The van der Waals surface area contributed by atoms with Crippen molar-refractivity contribution in [1.82, 2.24) is 0 Å². The molecule has 0 saturated carbocycles. The number of carbonyl (C=O) groups excluding carboxylic acids is 2. The number of carbonyl (C=O) groups is 2. The summed E-state index contributed by atoms with van der Waals surface area (Å²) in [7, 11) is 0. The molecule has 4 nitrogen and oxygen atoms in total. The van der Waals surface area contributed by atoms with Crippen LogP contribution in [-0.4, -0.2) is 11.9 Å². The highest BCUT2D eigenvalue weighted by Gasteiger charge is 2.42. The van der Waals surface area contributed by atoms with E-state index in [1.165, 1.54) is 0 Å². The number of fused-ring (bicyclic) bond motifs is 2. The van der Waals surface area contributed by atoms with E-state index in [1.807, 2.05) is 55.4 Å². The van der Waals surface area contributed by atoms with Gasteiger partial charge in [0.05, 0.1) is 11.1 Å². The molecule has 0 radical (unpaired) electrons. The number of hydrogen-bond donors (Lipinski definition) is 0. The fourth-order valence-corrected chi connectivity index (χ4v) is 4.36. The molecule has 2 aromatic carbocycles. The number of rotatable bonds is 0. The lowest BCUT2D eigenvalue weighted by Gasteiger charge is -2.15. The molecule has 0 N–H and O–H groups in total. The smallest absolute Gasteiger partial charge is 0.345 e. The summed E-state index contributed by atoms with van der Waals surface area (Å²) in [6.45, 7) is 16.0. The number of hydrogen-bond acceptors (Lipinski definition) is 4. The van der Waals surface area contributed by atoms with Crippen molar-refractivity contribution >= 4 is 23.1 Å². The van der Waals surface area contributed by atoms with Gasteiger partial charge in [-0.15, -0.1) is 0 Å². The van der Waals surface area contributed by atoms with Crippen molar-refractivity contribution in [2.75, 3.05) is 0 Å². The molecule has 0 aliphatic carbocycles. The summed E-state index contributed by atoms with van der Waals surface area (Å²) in [4.78, 5) is 25.9. The molecule has 0 aromatic heterocycles. The van der Waals surface area contributed by atoms with E-state index in [0.717, 1.165) is 55.6 Å². The Morgan fingerprint density at radius 1 is 0.429 bits per heavy atom. The van der Waals surface area contributed by atoms with Crippen LogP contribution in [-0.2, 0) is 9.59 Å².